The number of morpholine rings is 1. The molecule has 134 valence electrons. The Kier molecular flexibility index (Phi) is 4.77. The Bertz CT molecular complexity index is 915. The molecular formula is C18H16FN3O3S. The lowest BCUT2D eigenvalue weighted by Gasteiger charge is -2.32. The van der Waals surface area contributed by atoms with Crippen molar-refractivity contribution in [1.82, 2.24) is 14.5 Å². The van der Waals surface area contributed by atoms with Crippen molar-refractivity contribution in [3.05, 3.63) is 53.8 Å². The molecule has 1 aliphatic rings. The summed E-state index contributed by atoms with van der Waals surface area (Å²) in [5.74, 6) is 0.199. The topological polar surface area (TPSA) is 64.6 Å². The van der Waals surface area contributed by atoms with Crippen molar-refractivity contribution in [2.75, 3.05) is 26.3 Å². The Morgan fingerprint density at radius 2 is 2.15 bits per heavy atom. The predicted molar refractivity (Wildman–Crippen MR) is 95.0 cm³/mol. The molecule has 1 unspecified atom stereocenters. The SMILES string of the molecule is O=C(c1ccc2snnc2c1)N1CCOC(COc2ccc(F)cc2)C1. The van der Waals surface area contributed by atoms with Crippen LogP contribution in [0.25, 0.3) is 10.2 Å². The minimum atomic E-state index is -0.310. The first-order valence-corrected chi connectivity index (χ1v) is 8.98. The van der Waals surface area contributed by atoms with E-state index in [1.807, 2.05) is 6.07 Å². The molecule has 0 bridgehead atoms. The van der Waals surface area contributed by atoms with E-state index in [1.54, 1.807) is 29.2 Å². The molecule has 0 spiro atoms. The van der Waals surface area contributed by atoms with Crippen molar-refractivity contribution in [3.63, 3.8) is 0 Å². The van der Waals surface area contributed by atoms with Gasteiger partial charge in [-0.2, -0.15) is 0 Å². The van der Waals surface area contributed by atoms with Gasteiger partial charge in [0.05, 0.1) is 17.9 Å². The summed E-state index contributed by atoms with van der Waals surface area (Å²) >= 11 is 1.30. The number of rotatable bonds is 4. The molecule has 1 fully saturated rings. The van der Waals surface area contributed by atoms with Gasteiger partial charge in [-0.25, -0.2) is 4.39 Å². The van der Waals surface area contributed by atoms with Gasteiger partial charge in [0.2, 0.25) is 0 Å². The smallest absolute Gasteiger partial charge is 0.254 e. The van der Waals surface area contributed by atoms with E-state index in [0.717, 1.165) is 10.2 Å². The third-order valence-corrected chi connectivity index (χ3v) is 4.87. The normalized spacial score (nSPS) is 17.4. The van der Waals surface area contributed by atoms with Gasteiger partial charge in [0.15, 0.2) is 0 Å². The van der Waals surface area contributed by atoms with Crippen LogP contribution in [0.15, 0.2) is 42.5 Å². The van der Waals surface area contributed by atoms with E-state index < -0.39 is 0 Å². The molecule has 1 atom stereocenters. The van der Waals surface area contributed by atoms with Gasteiger partial charge in [0.1, 0.15) is 29.8 Å². The molecule has 2 heterocycles. The van der Waals surface area contributed by atoms with Crippen molar-refractivity contribution in [3.8, 4) is 5.75 Å². The summed E-state index contributed by atoms with van der Waals surface area (Å²) in [6, 6.07) is 11.2. The minimum absolute atomic E-state index is 0.0602. The second-order valence-electron chi connectivity index (χ2n) is 5.96. The van der Waals surface area contributed by atoms with Crippen LogP contribution in [-0.2, 0) is 4.74 Å². The fraction of sp³-hybridized carbons (Fsp3) is 0.278. The quantitative estimate of drug-likeness (QED) is 0.704. The Hall–Kier alpha value is -2.58. The van der Waals surface area contributed by atoms with E-state index in [4.69, 9.17) is 9.47 Å². The number of hydrogen-bond donors (Lipinski definition) is 0. The standard InChI is InChI=1S/C18H16FN3O3S/c19-13-2-4-14(5-3-13)25-11-15-10-22(7-8-24-15)18(23)12-1-6-17-16(9-12)20-21-26-17/h1-6,9,15H,7-8,10-11H2. The van der Waals surface area contributed by atoms with Gasteiger partial charge < -0.3 is 14.4 Å². The molecule has 0 radical (unpaired) electrons. The molecular weight excluding hydrogens is 357 g/mol. The largest absolute Gasteiger partial charge is 0.491 e. The summed E-state index contributed by atoms with van der Waals surface area (Å²) < 4.78 is 29.1. The number of ether oxygens (including phenoxy) is 2. The molecule has 1 aromatic heterocycles. The van der Waals surface area contributed by atoms with Gasteiger partial charge in [0, 0.05) is 12.1 Å². The molecule has 0 N–H and O–H groups in total. The first-order valence-electron chi connectivity index (χ1n) is 8.20. The molecule has 6 nitrogen and oxygen atoms in total. The van der Waals surface area contributed by atoms with Gasteiger partial charge in [-0.15, -0.1) is 5.10 Å². The molecule has 1 saturated heterocycles. The van der Waals surface area contributed by atoms with E-state index in [1.165, 1.54) is 23.7 Å². The third-order valence-electron chi connectivity index (χ3n) is 4.17. The maximum absolute atomic E-state index is 12.9. The second-order valence-corrected chi connectivity index (χ2v) is 6.75. The van der Waals surface area contributed by atoms with Crippen LogP contribution in [0.3, 0.4) is 0 Å². The summed E-state index contributed by atoms with van der Waals surface area (Å²) in [5, 5.41) is 4.02. The highest BCUT2D eigenvalue weighted by Gasteiger charge is 2.26. The molecule has 2 aromatic carbocycles. The summed E-state index contributed by atoms with van der Waals surface area (Å²) in [4.78, 5) is 14.5. The van der Waals surface area contributed by atoms with Crippen LogP contribution in [0.1, 0.15) is 10.4 Å². The lowest BCUT2D eigenvalue weighted by molar-refractivity contribution is -0.0401. The second kappa shape index (κ2) is 7.35. The van der Waals surface area contributed by atoms with Crippen molar-refractivity contribution < 1.29 is 18.7 Å². The van der Waals surface area contributed by atoms with Gasteiger partial charge in [-0.05, 0) is 54.0 Å². The zero-order chi connectivity index (χ0) is 17.9. The average molecular weight is 373 g/mol. The first kappa shape index (κ1) is 16.9. The Morgan fingerprint density at radius 3 is 3.00 bits per heavy atom. The van der Waals surface area contributed by atoms with Crippen LogP contribution in [0, 0.1) is 5.82 Å². The molecule has 1 amide bonds. The lowest BCUT2D eigenvalue weighted by Crippen LogP contribution is -2.47. The fourth-order valence-corrected chi connectivity index (χ4v) is 3.36. The maximum Gasteiger partial charge on any atom is 0.254 e. The van der Waals surface area contributed by atoms with Gasteiger partial charge in [-0.3, -0.25) is 4.79 Å². The molecule has 0 saturated carbocycles. The number of nitrogens with zero attached hydrogens (tertiary/aromatic N) is 3. The molecule has 4 rings (SSSR count). The van der Waals surface area contributed by atoms with Gasteiger partial charge >= 0.3 is 0 Å². The number of benzene rings is 2. The Labute approximate surface area is 153 Å². The summed E-state index contributed by atoms with van der Waals surface area (Å²) in [6.07, 6.45) is -0.234. The predicted octanol–water partition coefficient (Wildman–Crippen LogP) is 2.75. The molecule has 0 aliphatic carbocycles. The van der Waals surface area contributed by atoms with E-state index in [9.17, 15) is 9.18 Å². The van der Waals surface area contributed by atoms with Crippen LogP contribution in [0.5, 0.6) is 5.75 Å². The number of halogens is 1. The third kappa shape index (κ3) is 3.66. The van der Waals surface area contributed by atoms with Crippen LogP contribution >= 0.6 is 11.5 Å². The van der Waals surface area contributed by atoms with Crippen molar-refractivity contribution >= 4 is 27.7 Å². The maximum atomic E-state index is 12.9. The van der Waals surface area contributed by atoms with Gasteiger partial charge in [0.25, 0.3) is 5.91 Å². The van der Waals surface area contributed by atoms with Gasteiger partial charge in [-0.1, -0.05) is 4.49 Å². The van der Waals surface area contributed by atoms with Crippen molar-refractivity contribution in [1.29, 1.82) is 0 Å². The highest BCUT2D eigenvalue weighted by atomic mass is 32.1. The van der Waals surface area contributed by atoms with Crippen LogP contribution in [-0.4, -0.2) is 52.8 Å². The number of carbonyl (C=O) groups excluding carboxylic acids is 1. The van der Waals surface area contributed by atoms with Crippen molar-refractivity contribution in [2.24, 2.45) is 0 Å². The zero-order valence-corrected chi connectivity index (χ0v) is 14.6. The number of hydrogen-bond acceptors (Lipinski definition) is 6. The first-order chi connectivity index (χ1) is 12.7. The summed E-state index contributed by atoms with van der Waals surface area (Å²) in [7, 11) is 0. The Morgan fingerprint density at radius 1 is 1.31 bits per heavy atom. The highest BCUT2D eigenvalue weighted by molar-refractivity contribution is 7.12. The van der Waals surface area contributed by atoms with E-state index in [2.05, 4.69) is 9.59 Å². The molecule has 26 heavy (non-hydrogen) atoms. The Balaban J connectivity index is 1.39. The average Bonchev–Trinajstić information content (AvgIpc) is 3.15. The van der Waals surface area contributed by atoms with Crippen LogP contribution in [0.2, 0.25) is 0 Å². The lowest BCUT2D eigenvalue weighted by atomic mass is 10.1. The monoisotopic (exact) mass is 373 g/mol. The minimum Gasteiger partial charge on any atom is -0.491 e. The number of carbonyl (C=O) groups is 1. The zero-order valence-electron chi connectivity index (χ0n) is 13.8. The highest BCUT2D eigenvalue weighted by Crippen LogP contribution is 2.19. The summed E-state index contributed by atoms with van der Waals surface area (Å²) in [6.45, 7) is 1.71. The molecule has 8 heteroatoms. The van der Waals surface area contributed by atoms with Crippen LogP contribution in [0.4, 0.5) is 4.39 Å². The molecule has 1 aliphatic heterocycles. The number of amides is 1. The van der Waals surface area contributed by atoms with Crippen molar-refractivity contribution in [2.45, 2.75) is 6.10 Å². The fourth-order valence-electron chi connectivity index (χ4n) is 2.82. The van der Waals surface area contributed by atoms with Crippen LogP contribution < -0.4 is 4.74 Å². The van der Waals surface area contributed by atoms with E-state index in [0.29, 0.717) is 37.6 Å². The number of fused-ring (bicyclic) bond motifs is 1. The van der Waals surface area contributed by atoms with E-state index >= 15 is 0 Å². The number of aromatic nitrogens is 2. The summed E-state index contributed by atoms with van der Waals surface area (Å²) in [5.41, 5.74) is 1.32. The molecule has 3 aromatic rings. The van der Waals surface area contributed by atoms with E-state index in [-0.39, 0.29) is 17.8 Å².